The Morgan fingerprint density at radius 3 is 2.67 bits per heavy atom. The van der Waals surface area contributed by atoms with Crippen molar-refractivity contribution in [1.29, 1.82) is 0 Å². The molecule has 1 aromatic carbocycles. The Labute approximate surface area is 122 Å². The molecule has 0 aliphatic carbocycles. The average Bonchev–Trinajstić information content (AvgIpc) is 3.04. The molecule has 0 saturated carbocycles. The summed E-state index contributed by atoms with van der Waals surface area (Å²) in [4.78, 5) is 20.2. The SMILES string of the molecule is O=C(CCc1ccccc1)c1ncc(-c2cccnc2)o1. The summed E-state index contributed by atoms with van der Waals surface area (Å²) in [5.41, 5.74) is 1.94. The number of Topliss-reactive ketones (excluding diaryl/α,β-unsaturated/α-hetero) is 1. The van der Waals surface area contributed by atoms with Gasteiger partial charge in [-0.2, -0.15) is 0 Å². The van der Waals surface area contributed by atoms with Crippen LogP contribution in [0.15, 0.2) is 65.5 Å². The van der Waals surface area contributed by atoms with Gasteiger partial charge in [0, 0.05) is 24.4 Å². The first-order valence-corrected chi connectivity index (χ1v) is 6.76. The van der Waals surface area contributed by atoms with Crippen molar-refractivity contribution in [2.45, 2.75) is 12.8 Å². The van der Waals surface area contributed by atoms with Crippen molar-refractivity contribution >= 4 is 5.78 Å². The predicted octanol–water partition coefficient (Wildman–Crippen LogP) is 3.55. The molecule has 0 radical (unpaired) electrons. The summed E-state index contributed by atoms with van der Waals surface area (Å²) >= 11 is 0. The molecule has 2 heterocycles. The Balaban J connectivity index is 1.67. The summed E-state index contributed by atoms with van der Waals surface area (Å²) in [7, 11) is 0. The zero-order valence-corrected chi connectivity index (χ0v) is 11.4. The largest absolute Gasteiger partial charge is 0.434 e. The number of pyridine rings is 1. The smallest absolute Gasteiger partial charge is 0.263 e. The van der Waals surface area contributed by atoms with Crippen molar-refractivity contribution in [3.63, 3.8) is 0 Å². The lowest BCUT2D eigenvalue weighted by Crippen LogP contribution is -2.01. The Morgan fingerprint density at radius 1 is 1.05 bits per heavy atom. The second-order valence-electron chi connectivity index (χ2n) is 4.68. The van der Waals surface area contributed by atoms with Crippen molar-refractivity contribution in [3.8, 4) is 11.3 Å². The van der Waals surface area contributed by atoms with Crippen molar-refractivity contribution in [1.82, 2.24) is 9.97 Å². The van der Waals surface area contributed by atoms with Crippen molar-refractivity contribution in [3.05, 3.63) is 72.5 Å². The second kappa shape index (κ2) is 6.13. The highest BCUT2D eigenvalue weighted by Crippen LogP contribution is 2.19. The van der Waals surface area contributed by atoms with Gasteiger partial charge in [0.05, 0.1) is 6.20 Å². The third-order valence-corrected chi connectivity index (χ3v) is 3.17. The number of oxazole rings is 1. The molecule has 0 fully saturated rings. The van der Waals surface area contributed by atoms with Crippen LogP contribution >= 0.6 is 0 Å². The second-order valence-corrected chi connectivity index (χ2v) is 4.68. The van der Waals surface area contributed by atoms with Crippen LogP contribution in [-0.2, 0) is 6.42 Å². The predicted molar refractivity (Wildman–Crippen MR) is 78.8 cm³/mol. The fourth-order valence-electron chi connectivity index (χ4n) is 2.05. The quantitative estimate of drug-likeness (QED) is 0.670. The zero-order valence-electron chi connectivity index (χ0n) is 11.4. The highest BCUT2D eigenvalue weighted by Gasteiger charge is 2.14. The third-order valence-electron chi connectivity index (χ3n) is 3.17. The minimum absolute atomic E-state index is 0.0889. The number of rotatable bonds is 5. The summed E-state index contributed by atoms with van der Waals surface area (Å²) < 4.78 is 5.52. The first kappa shape index (κ1) is 13.2. The van der Waals surface area contributed by atoms with Crippen molar-refractivity contribution in [2.75, 3.05) is 0 Å². The number of benzene rings is 1. The van der Waals surface area contributed by atoms with Gasteiger partial charge >= 0.3 is 0 Å². The van der Waals surface area contributed by atoms with Crippen molar-refractivity contribution < 1.29 is 9.21 Å². The van der Waals surface area contributed by atoms with Gasteiger partial charge in [-0.05, 0) is 24.1 Å². The molecule has 0 bridgehead atoms. The van der Waals surface area contributed by atoms with E-state index in [0.29, 0.717) is 18.6 Å². The van der Waals surface area contributed by atoms with Gasteiger partial charge in [-0.1, -0.05) is 30.3 Å². The molecule has 21 heavy (non-hydrogen) atoms. The summed E-state index contributed by atoms with van der Waals surface area (Å²) in [6.07, 6.45) is 6.00. The van der Waals surface area contributed by atoms with Gasteiger partial charge in [0.25, 0.3) is 5.89 Å². The van der Waals surface area contributed by atoms with Crippen LogP contribution in [0.2, 0.25) is 0 Å². The number of hydrogen-bond acceptors (Lipinski definition) is 4. The first-order chi connectivity index (χ1) is 10.3. The van der Waals surface area contributed by atoms with E-state index in [4.69, 9.17) is 4.42 Å². The van der Waals surface area contributed by atoms with Crippen LogP contribution in [0.3, 0.4) is 0 Å². The Morgan fingerprint density at radius 2 is 1.90 bits per heavy atom. The maximum atomic E-state index is 12.1. The van der Waals surface area contributed by atoms with E-state index in [0.717, 1.165) is 11.1 Å². The number of aryl methyl sites for hydroxylation is 1. The molecule has 3 aromatic rings. The van der Waals surface area contributed by atoms with Crippen LogP contribution in [0.5, 0.6) is 0 Å². The van der Waals surface area contributed by atoms with Crippen molar-refractivity contribution in [2.24, 2.45) is 0 Å². The fraction of sp³-hybridized carbons (Fsp3) is 0.118. The molecule has 0 aliphatic heterocycles. The lowest BCUT2D eigenvalue weighted by atomic mass is 10.1. The number of carbonyl (C=O) groups is 1. The number of nitrogens with zero attached hydrogens (tertiary/aromatic N) is 2. The van der Waals surface area contributed by atoms with E-state index in [1.54, 1.807) is 18.6 Å². The van der Waals surface area contributed by atoms with Crippen LogP contribution < -0.4 is 0 Å². The van der Waals surface area contributed by atoms with Crippen LogP contribution in [0.25, 0.3) is 11.3 Å². The molecular weight excluding hydrogens is 264 g/mol. The van der Waals surface area contributed by atoms with Crippen LogP contribution in [-0.4, -0.2) is 15.8 Å². The van der Waals surface area contributed by atoms with Gasteiger partial charge < -0.3 is 4.42 Å². The van der Waals surface area contributed by atoms with Gasteiger partial charge in [0.1, 0.15) is 0 Å². The molecule has 0 unspecified atom stereocenters. The molecule has 4 heteroatoms. The topological polar surface area (TPSA) is 56.0 Å². The van der Waals surface area contributed by atoms with E-state index in [9.17, 15) is 4.79 Å². The fourth-order valence-corrected chi connectivity index (χ4v) is 2.05. The summed E-state index contributed by atoms with van der Waals surface area (Å²) in [6, 6.07) is 13.6. The summed E-state index contributed by atoms with van der Waals surface area (Å²) in [5.74, 6) is 0.630. The minimum Gasteiger partial charge on any atom is -0.434 e. The van der Waals surface area contributed by atoms with Crippen LogP contribution in [0, 0.1) is 0 Å². The zero-order chi connectivity index (χ0) is 14.5. The monoisotopic (exact) mass is 278 g/mol. The summed E-state index contributed by atoms with van der Waals surface area (Å²) in [6.45, 7) is 0. The number of hydrogen-bond donors (Lipinski definition) is 0. The van der Waals surface area contributed by atoms with E-state index >= 15 is 0 Å². The van der Waals surface area contributed by atoms with Gasteiger partial charge in [-0.25, -0.2) is 4.98 Å². The standard InChI is InChI=1S/C17H14N2O2/c20-15(9-8-13-5-2-1-3-6-13)17-19-12-16(21-17)14-7-4-10-18-11-14/h1-7,10-12H,8-9H2. The van der Waals surface area contributed by atoms with E-state index < -0.39 is 0 Å². The normalized spacial score (nSPS) is 10.5. The van der Waals surface area contributed by atoms with Gasteiger partial charge in [0.15, 0.2) is 5.76 Å². The lowest BCUT2D eigenvalue weighted by molar-refractivity contribution is 0.0950. The molecule has 0 atom stereocenters. The molecule has 3 rings (SSSR count). The Kier molecular flexibility index (Phi) is 3.87. The molecule has 0 spiro atoms. The first-order valence-electron chi connectivity index (χ1n) is 6.76. The molecule has 0 N–H and O–H groups in total. The summed E-state index contributed by atoms with van der Waals surface area (Å²) in [5, 5.41) is 0. The van der Waals surface area contributed by atoms with Crippen LogP contribution in [0.1, 0.15) is 22.7 Å². The lowest BCUT2D eigenvalue weighted by Gasteiger charge is -1.98. The highest BCUT2D eigenvalue weighted by atomic mass is 16.4. The molecule has 104 valence electrons. The Bertz CT molecular complexity index is 721. The molecule has 2 aromatic heterocycles. The van der Waals surface area contributed by atoms with Gasteiger partial charge in [-0.3, -0.25) is 9.78 Å². The minimum atomic E-state index is -0.0889. The van der Waals surface area contributed by atoms with Gasteiger partial charge in [0.2, 0.25) is 5.78 Å². The third kappa shape index (κ3) is 3.23. The molecule has 0 amide bonds. The molecule has 4 nitrogen and oxygen atoms in total. The van der Waals surface area contributed by atoms with Gasteiger partial charge in [-0.15, -0.1) is 0 Å². The molecular formula is C17H14N2O2. The van der Waals surface area contributed by atoms with Crippen LogP contribution in [0.4, 0.5) is 0 Å². The number of aromatic nitrogens is 2. The maximum Gasteiger partial charge on any atom is 0.263 e. The van der Waals surface area contributed by atoms with E-state index in [1.807, 2.05) is 42.5 Å². The maximum absolute atomic E-state index is 12.1. The van der Waals surface area contributed by atoms with E-state index in [1.165, 1.54) is 0 Å². The number of carbonyl (C=O) groups excluding carboxylic acids is 1. The molecule has 0 aliphatic rings. The highest BCUT2D eigenvalue weighted by molar-refractivity contribution is 5.92. The average molecular weight is 278 g/mol. The molecule has 0 saturated heterocycles. The van der Waals surface area contributed by atoms with E-state index in [2.05, 4.69) is 9.97 Å². The number of ketones is 1. The Hall–Kier alpha value is -2.75. The van der Waals surface area contributed by atoms with E-state index in [-0.39, 0.29) is 11.7 Å².